The molecule has 0 aliphatic carbocycles. The summed E-state index contributed by atoms with van der Waals surface area (Å²) in [4.78, 5) is 24.6. The first-order valence-electron chi connectivity index (χ1n) is 37.1. The van der Waals surface area contributed by atoms with Crippen LogP contribution in [0.3, 0.4) is 0 Å². The highest BCUT2D eigenvalue weighted by molar-refractivity contribution is 5.76. The van der Waals surface area contributed by atoms with E-state index in [0.29, 0.717) is 19.4 Å². The largest absolute Gasteiger partial charge is 0.466 e. The van der Waals surface area contributed by atoms with Gasteiger partial charge < -0.3 is 20.3 Å². The van der Waals surface area contributed by atoms with E-state index in [0.717, 1.165) is 44.9 Å². The van der Waals surface area contributed by atoms with Crippen molar-refractivity contribution in [3.8, 4) is 0 Å². The van der Waals surface area contributed by atoms with Gasteiger partial charge in [0.05, 0.1) is 25.4 Å². The predicted molar refractivity (Wildman–Crippen MR) is 356 cm³/mol. The van der Waals surface area contributed by atoms with E-state index in [9.17, 15) is 19.8 Å². The SMILES string of the molecule is CCCCCCC/C=C\CCCCCCCC(=O)OCCCCCCCCCCCCCCCCCCCCCCCCCCCCCCCC(=O)NC(CO)C(O)/C=C/CCCCCCCCCCCCCCCCCCCCC. The van der Waals surface area contributed by atoms with Crippen LogP contribution in [-0.4, -0.2) is 47.4 Å². The minimum absolute atomic E-state index is 0.0114. The third-order valence-electron chi connectivity index (χ3n) is 17.5. The molecule has 0 spiro atoms. The molecule has 0 heterocycles. The van der Waals surface area contributed by atoms with Crippen LogP contribution in [-0.2, 0) is 14.3 Å². The second kappa shape index (κ2) is 70.8. The zero-order valence-electron chi connectivity index (χ0n) is 55.0. The molecule has 0 saturated carbocycles. The Hall–Kier alpha value is -1.66. The molecule has 0 radical (unpaired) electrons. The van der Waals surface area contributed by atoms with Crippen LogP contribution < -0.4 is 5.32 Å². The quantitative estimate of drug-likeness (QED) is 0.0320. The smallest absolute Gasteiger partial charge is 0.305 e. The minimum Gasteiger partial charge on any atom is -0.466 e. The molecule has 0 fully saturated rings. The lowest BCUT2D eigenvalue weighted by Gasteiger charge is -2.20. The third kappa shape index (κ3) is 67.3. The predicted octanol–water partition coefficient (Wildman–Crippen LogP) is 24.1. The van der Waals surface area contributed by atoms with Gasteiger partial charge in [-0.05, 0) is 57.8 Å². The van der Waals surface area contributed by atoms with Gasteiger partial charge in [-0.1, -0.05) is 372 Å². The van der Waals surface area contributed by atoms with E-state index >= 15 is 0 Å². The van der Waals surface area contributed by atoms with Crippen molar-refractivity contribution in [1.29, 1.82) is 0 Å². The number of rotatable bonds is 70. The van der Waals surface area contributed by atoms with Crippen molar-refractivity contribution in [1.82, 2.24) is 5.32 Å². The topological polar surface area (TPSA) is 95.9 Å². The van der Waals surface area contributed by atoms with Crippen molar-refractivity contribution in [2.24, 2.45) is 0 Å². The van der Waals surface area contributed by atoms with Crippen LogP contribution in [0.4, 0.5) is 0 Å². The maximum atomic E-state index is 12.5. The number of esters is 1. The minimum atomic E-state index is -0.843. The fraction of sp³-hybridized carbons (Fsp3) is 0.920. The Labute approximate surface area is 507 Å². The van der Waals surface area contributed by atoms with E-state index in [1.54, 1.807) is 6.08 Å². The zero-order valence-corrected chi connectivity index (χ0v) is 55.0. The highest BCUT2D eigenvalue weighted by Gasteiger charge is 2.18. The van der Waals surface area contributed by atoms with Crippen molar-refractivity contribution < 1.29 is 24.5 Å². The molecule has 0 aromatic heterocycles. The summed E-state index contributed by atoms with van der Waals surface area (Å²) >= 11 is 0. The number of aliphatic hydroxyl groups is 2. The number of allylic oxidation sites excluding steroid dienone is 3. The number of unbranched alkanes of at least 4 members (excludes halogenated alkanes) is 57. The summed E-state index contributed by atoms with van der Waals surface area (Å²) in [5.74, 6) is -0.0487. The molecule has 3 N–H and O–H groups in total. The lowest BCUT2D eigenvalue weighted by Crippen LogP contribution is -2.45. The standard InChI is InChI=1S/C75H145NO5/c1-3-5-7-9-11-13-15-17-19-20-21-31-34-37-40-43-47-51-55-59-63-67-73(78)72(71-77)76-74(79)68-64-60-56-52-48-44-41-38-35-32-29-27-25-23-22-24-26-28-30-33-36-39-42-46-50-54-58-62-66-70-81-75(80)69-65-61-57-53-49-45-18-16-14-12-10-8-6-4-2/h16,18,63,67,72-73,77-78H,3-15,17,19-62,64-66,68-71H2,1-2H3,(H,76,79)/b18-16-,67-63+. The molecule has 0 saturated heterocycles. The average Bonchev–Trinajstić information content (AvgIpc) is 3.47. The summed E-state index contributed by atoms with van der Waals surface area (Å²) in [6, 6.07) is -0.626. The summed E-state index contributed by atoms with van der Waals surface area (Å²) in [5.41, 5.74) is 0. The van der Waals surface area contributed by atoms with Crippen LogP contribution in [0, 0.1) is 0 Å². The molecule has 1 amide bonds. The Morgan fingerprint density at radius 3 is 0.877 bits per heavy atom. The average molecular weight is 1140 g/mol. The van der Waals surface area contributed by atoms with Gasteiger partial charge in [-0.15, -0.1) is 0 Å². The number of hydrogen-bond donors (Lipinski definition) is 3. The Bertz CT molecular complexity index is 1270. The van der Waals surface area contributed by atoms with E-state index in [4.69, 9.17) is 4.74 Å². The third-order valence-corrected chi connectivity index (χ3v) is 17.5. The second-order valence-electron chi connectivity index (χ2n) is 25.6. The fourth-order valence-electron chi connectivity index (χ4n) is 11.8. The molecule has 6 nitrogen and oxygen atoms in total. The monoisotopic (exact) mass is 1140 g/mol. The number of carbonyl (C=O) groups is 2. The molecule has 480 valence electrons. The number of carbonyl (C=O) groups excluding carboxylic acids is 2. The van der Waals surface area contributed by atoms with Gasteiger partial charge in [0.1, 0.15) is 0 Å². The van der Waals surface area contributed by atoms with Gasteiger partial charge in [-0.2, -0.15) is 0 Å². The first-order chi connectivity index (χ1) is 40.0. The highest BCUT2D eigenvalue weighted by atomic mass is 16.5. The second-order valence-corrected chi connectivity index (χ2v) is 25.6. The Kier molecular flexibility index (Phi) is 69.4. The van der Waals surface area contributed by atoms with Crippen molar-refractivity contribution >= 4 is 11.9 Å². The summed E-state index contributed by atoms with van der Waals surface area (Å²) < 4.78 is 5.49. The lowest BCUT2D eigenvalue weighted by molar-refractivity contribution is -0.143. The molecule has 6 heteroatoms. The first-order valence-corrected chi connectivity index (χ1v) is 37.1. The maximum Gasteiger partial charge on any atom is 0.305 e. The summed E-state index contributed by atoms with van der Waals surface area (Å²) in [6.07, 6.45) is 89.9. The van der Waals surface area contributed by atoms with Gasteiger partial charge in [0.15, 0.2) is 0 Å². The van der Waals surface area contributed by atoms with Crippen LogP contribution in [0.5, 0.6) is 0 Å². The van der Waals surface area contributed by atoms with Gasteiger partial charge in [0.2, 0.25) is 5.91 Å². The molecule has 2 unspecified atom stereocenters. The summed E-state index contributed by atoms with van der Waals surface area (Å²) in [5, 5.41) is 23.3. The maximum absolute atomic E-state index is 12.5. The Morgan fingerprint density at radius 1 is 0.333 bits per heavy atom. The van der Waals surface area contributed by atoms with E-state index in [-0.39, 0.29) is 18.5 Å². The van der Waals surface area contributed by atoms with Crippen molar-refractivity contribution in [2.45, 2.75) is 431 Å². The van der Waals surface area contributed by atoms with E-state index < -0.39 is 12.1 Å². The van der Waals surface area contributed by atoms with Crippen molar-refractivity contribution in [2.75, 3.05) is 13.2 Å². The van der Waals surface area contributed by atoms with Gasteiger partial charge in [-0.25, -0.2) is 0 Å². The number of nitrogens with one attached hydrogen (secondary N) is 1. The number of hydrogen-bond acceptors (Lipinski definition) is 5. The first kappa shape index (κ1) is 79.3. The molecule has 81 heavy (non-hydrogen) atoms. The molecule has 0 aromatic rings. The molecule has 0 bridgehead atoms. The lowest BCUT2D eigenvalue weighted by atomic mass is 10.0. The van der Waals surface area contributed by atoms with Gasteiger partial charge in [0.25, 0.3) is 0 Å². The Balaban J connectivity index is 3.36. The number of ether oxygens (including phenoxy) is 1. The van der Waals surface area contributed by atoms with E-state index in [2.05, 4.69) is 31.3 Å². The number of amides is 1. The normalized spacial score (nSPS) is 12.6. The van der Waals surface area contributed by atoms with E-state index in [1.165, 1.54) is 347 Å². The van der Waals surface area contributed by atoms with Crippen LogP contribution >= 0.6 is 0 Å². The fourth-order valence-corrected chi connectivity index (χ4v) is 11.8. The molecular formula is C75H145NO5. The highest BCUT2D eigenvalue weighted by Crippen LogP contribution is 2.19. The Morgan fingerprint density at radius 2 is 0.580 bits per heavy atom. The molecule has 0 rings (SSSR count). The van der Waals surface area contributed by atoms with Gasteiger partial charge in [-0.3, -0.25) is 9.59 Å². The number of aliphatic hydroxyl groups excluding tert-OH is 2. The van der Waals surface area contributed by atoms with Crippen LogP contribution in [0.15, 0.2) is 24.3 Å². The van der Waals surface area contributed by atoms with Gasteiger partial charge >= 0.3 is 5.97 Å². The zero-order chi connectivity index (χ0) is 58.5. The molecule has 0 aliphatic heterocycles. The van der Waals surface area contributed by atoms with Crippen molar-refractivity contribution in [3.63, 3.8) is 0 Å². The summed E-state index contributed by atoms with van der Waals surface area (Å²) in [7, 11) is 0. The van der Waals surface area contributed by atoms with E-state index in [1.807, 2.05) is 6.08 Å². The molecule has 0 aliphatic rings. The van der Waals surface area contributed by atoms with Crippen LogP contribution in [0.2, 0.25) is 0 Å². The van der Waals surface area contributed by atoms with Gasteiger partial charge in [0, 0.05) is 12.8 Å². The summed E-state index contributed by atoms with van der Waals surface area (Å²) in [6.45, 7) is 4.94. The van der Waals surface area contributed by atoms with Crippen molar-refractivity contribution in [3.05, 3.63) is 24.3 Å². The van der Waals surface area contributed by atoms with Crippen LogP contribution in [0.25, 0.3) is 0 Å². The molecular weight excluding hydrogens is 995 g/mol. The molecule has 0 aromatic carbocycles. The van der Waals surface area contributed by atoms with Crippen LogP contribution in [0.1, 0.15) is 418 Å². The molecule has 2 atom stereocenters.